The summed E-state index contributed by atoms with van der Waals surface area (Å²) in [6, 6.07) is 11.9. The van der Waals surface area contributed by atoms with Crippen LogP contribution in [-0.2, 0) is 0 Å². The molecule has 1 aromatic heterocycles. The van der Waals surface area contributed by atoms with E-state index in [1.54, 1.807) is 20.5 Å². The SMILES string of the molecule is COc1cc(C)c(-c2ncnc3ccccc23)cc1OC. The average molecular weight is 280 g/mol. The molecule has 0 aliphatic heterocycles. The van der Waals surface area contributed by atoms with E-state index in [2.05, 4.69) is 9.97 Å². The molecule has 3 rings (SSSR count). The summed E-state index contributed by atoms with van der Waals surface area (Å²) in [5, 5.41) is 1.02. The topological polar surface area (TPSA) is 44.2 Å². The van der Waals surface area contributed by atoms with E-state index < -0.39 is 0 Å². The molecule has 0 aliphatic carbocycles. The van der Waals surface area contributed by atoms with Crippen LogP contribution >= 0.6 is 0 Å². The molecule has 0 amide bonds. The molecule has 0 radical (unpaired) electrons. The molecular weight excluding hydrogens is 264 g/mol. The highest BCUT2D eigenvalue weighted by atomic mass is 16.5. The fourth-order valence-corrected chi connectivity index (χ4v) is 2.46. The molecule has 0 fully saturated rings. The van der Waals surface area contributed by atoms with Crippen molar-refractivity contribution in [2.75, 3.05) is 14.2 Å². The Morgan fingerprint density at radius 1 is 0.905 bits per heavy atom. The Morgan fingerprint density at radius 3 is 2.38 bits per heavy atom. The fourth-order valence-electron chi connectivity index (χ4n) is 2.46. The van der Waals surface area contributed by atoms with Crippen molar-refractivity contribution in [3.05, 3.63) is 48.3 Å². The Morgan fingerprint density at radius 2 is 1.62 bits per heavy atom. The van der Waals surface area contributed by atoms with Gasteiger partial charge in [-0.2, -0.15) is 0 Å². The lowest BCUT2D eigenvalue weighted by Gasteiger charge is -2.13. The molecule has 0 atom stereocenters. The number of nitrogens with zero attached hydrogens (tertiary/aromatic N) is 2. The van der Waals surface area contributed by atoms with Gasteiger partial charge in [0.2, 0.25) is 0 Å². The third-order valence-corrected chi connectivity index (χ3v) is 3.53. The molecule has 1 heterocycles. The number of hydrogen-bond acceptors (Lipinski definition) is 4. The minimum Gasteiger partial charge on any atom is -0.493 e. The van der Waals surface area contributed by atoms with E-state index in [0.29, 0.717) is 5.75 Å². The second-order valence-electron chi connectivity index (χ2n) is 4.76. The number of rotatable bonds is 3. The van der Waals surface area contributed by atoms with Crippen molar-refractivity contribution >= 4 is 10.9 Å². The van der Waals surface area contributed by atoms with Crippen LogP contribution in [0.3, 0.4) is 0 Å². The van der Waals surface area contributed by atoms with Gasteiger partial charge in [0, 0.05) is 10.9 Å². The molecule has 0 spiro atoms. The zero-order valence-corrected chi connectivity index (χ0v) is 12.3. The van der Waals surface area contributed by atoms with E-state index in [1.807, 2.05) is 43.3 Å². The van der Waals surface area contributed by atoms with Gasteiger partial charge in [0.05, 0.1) is 25.4 Å². The molecule has 0 N–H and O–H groups in total. The largest absolute Gasteiger partial charge is 0.493 e. The van der Waals surface area contributed by atoms with Crippen LogP contribution in [0.1, 0.15) is 5.56 Å². The number of para-hydroxylation sites is 1. The Balaban J connectivity index is 2.28. The molecule has 3 aromatic rings. The summed E-state index contributed by atoms with van der Waals surface area (Å²) in [6.07, 6.45) is 1.59. The third kappa shape index (κ3) is 2.29. The van der Waals surface area contributed by atoms with Gasteiger partial charge in [-0.3, -0.25) is 0 Å². The van der Waals surface area contributed by atoms with E-state index in [1.165, 1.54) is 0 Å². The standard InChI is InChI=1S/C17H16N2O2/c1-11-8-15(20-2)16(21-3)9-13(11)17-12-6-4-5-7-14(12)18-10-19-17/h4-10H,1-3H3. The van der Waals surface area contributed by atoms with Crippen molar-refractivity contribution < 1.29 is 9.47 Å². The normalized spacial score (nSPS) is 10.6. The molecule has 21 heavy (non-hydrogen) atoms. The van der Waals surface area contributed by atoms with Crippen LogP contribution in [0.5, 0.6) is 11.5 Å². The Labute approximate surface area is 123 Å². The molecule has 2 aromatic carbocycles. The summed E-state index contributed by atoms with van der Waals surface area (Å²) in [5.74, 6) is 1.41. The van der Waals surface area contributed by atoms with E-state index >= 15 is 0 Å². The van der Waals surface area contributed by atoms with Crippen LogP contribution in [0.4, 0.5) is 0 Å². The number of benzene rings is 2. The second-order valence-corrected chi connectivity index (χ2v) is 4.76. The van der Waals surface area contributed by atoms with Gasteiger partial charge >= 0.3 is 0 Å². The zero-order chi connectivity index (χ0) is 14.8. The molecule has 0 saturated carbocycles. The predicted molar refractivity (Wildman–Crippen MR) is 82.8 cm³/mol. The summed E-state index contributed by atoms with van der Waals surface area (Å²) >= 11 is 0. The van der Waals surface area contributed by atoms with Crippen molar-refractivity contribution in [1.82, 2.24) is 9.97 Å². The first-order chi connectivity index (χ1) is 10.2. The van der Waals surface area contributed by atoms with Crippen LogP contribution < -0.4 is 9.47 Å². The van der Waals surface area contributed by atoms with Crippen molar-refractivity contribution in [1.29, 1.82) is 0 Å². The lowest BCUT2D eigenvalue weighted by atomic mass is 10.0. The fraction of sp³-hybridized carbons (Fsp3) is 0.176. The van der Waals surface area contributed by atoms with E-state index in [-0.39, 0.29) is 0 Å². The number of aryl methyl sites for hydroxylation is 1. The van der Waals surface area contributed by atoms with Gasteiger partial charge in [-0.05, 0) is 30.7 Å². The van der Waals surface area contributed by atoms with Crippen molar-refractivity contribution in [3.8, 4) is 22.8 Å². The van der Waals surface area contributed by atoms with Gasteiger partial charge in [0.1, 0.15) is 6.33 Å². The van der Waals surface area contributed by atoms with E-state index in [4.69, 9.17) is 9.47 Å². The van der Waals surface area contributed by atoms with Crippen molar-refractivity contribution in [2.45, 2.75) is 6.92 Å². The maximum atomic E-state index is 5.40. The first-order valence-electron chi connectivity index (χ1n) is 6.67. The first kappa shape index (κ1) is 13.4. The smallest absolute Gasteiger partial charge is 0.161 e. The Kier molecular flexibility index (Phi) is 3.44. The maximum absolute atomic E-state index is 5.40. The van der Waals surface area contributed by atoms with Crippen molar-refractivity contribution in [3.63, 3.8) is 0 Å². The summed E-state index contributed by atoms with van der Waals surface area (Å²) in [4.78, 5) is 8.77. The molecule has 4 heteroatoms. The lowest BCUT2D eigenvalue weighted by Crippen LogP contribution is -1.95. The monoisotopic (exact) mass is 280 g/mol. The highest BCUT2D eigenvalue weighted by Crippen LogP contribution is 2.36. The number of aromatic nitrogens is 2. The van der Waals surface area contributed by atoms with Gasteiger partial charge in [-0.1, -0.05) is 18.2 Å². The molecule has 4 nitrogen and oxygen atoms in total. The number of hydrogen-bond donors (Lipinski definition) is 0. The number of methoxy groups -OCH3 is 2. The van der Waals surface area contributed by atoms with Crippen LogP contribution in [0, 0.1) is 6.92 Å². The van der Waals surface area contributed by atoms with Gasteiger partial charge in [-0.25, -0.2) is 9.97 Å². The number of ether oxygens (including phenoxy) is 2. The Hall–Kier alpha value is -2.62. The van der Waals surface area contributed by atoms with Gasteiger partial charge in [-0.15, -0.1) is 0 Å². The first-order valence-corrected chi connectivity index (χ1v) is 6.67. The highest BCUT2D eigenvalue weighted by Gasteiger charge is 2.13. The second kappa shape index (κ2) is 5.40. The maximum Gasteiger partial charge on any atom is 0.161 e. The van der Waals surface area contributed by atoms with Gasteiger partial charge < -0.3 is 9.47 Å². The molecule has 0 saturated heterocycles. The molecular formula is C17H16N2O2. The van der Waals surface area contributed by atoms with Gasteiger partial charge in [0.15, 0.2) is 11.5 Å². The molecule has 0 bridgehead atoms. The Bertz CT molecular complexity index is 795. The average Bonchev–Trinajstić information content (AvgIpc) is 2.54. The van der Waals surface area contributed by atoms with Crippen molar-refractivity contribution in [2.24, 2.45) is 0 Å². The minimum absolute atomic E-state index is 0.695. The lowest BCUT2D eigenvalue weighted by molar-refractivity contribution is 0.355. The zero-order valence-electron chi connectivity index (χ0n) is 12.3. The molecule has 0 unspecified atom stereocenters. The van der Waals surface area contributed by atoms with E-state index in [9.17, 15) is 0 Å². The predicted octanol–water partition coefficient (Wildman–Crippen LogP) is 3.62. The number of fused-ring (bicyclic) bond motifs is 1. The summed E-state index contributed by atoms with van der Waals surface area (Å²) in [6.45, 7) is 2.04. The minimum atomic E-state index is 0.695. The van der Waals surface area contributed by atoms with Gasteiger partial charge in [0.25, 0.3) is 0 Å². The quantitative estimate of drug-likeness (QED) is 0.735. The molecule has 106 valence electrons. The summed E-state index contributed by atoms with van der Waals surface area (Å²) in [5.41, 5.74) is 3.93. The van der Waals surface area contributed by atoms with Crippen LogP contribution in [0.2, 0.25) is 0 Å². The summed E-state index contributed by atoms with van der Waals surface area (Å²) in [7, 11) is 3.27. The highest BCUT2D eigenvalue weighted by molar-refractivity contribution is 5.93. The third-order valence-electron chi connectivity index (χ3n) is 3.53. The van der Waals surface area contributed by atoms with Crippen LogP contribution in [0.25, 0.3) is 22.2 Å². The van der Waals surface area contributed by atoms with E-state index in [0.717, 1.165) is 33.5 Å². The van der Waals surface area contributed by atoms with Crippen LogP contribution in [0.15, 0.2) is 42.7 Å². The summed E-state index contributed by atoms with van der Waals surface area (Å²) < 4.78 is 10.7. The van der Waals surface area contributed by atoms with Crippen LogP contribution in [-0.4, -0.2) is 24.2 Å². The molecule has 0 aliphatic rings.